The molecule has 7 nitrogen and oxygen atoms in total. The molecule has 2 N–H and O–H groups in total. The summed E-state index contributed by atoms with van der Waals surface area (Å²) in [5.41, 5.74) is 3.05. The third-order valence-corrected chi connectivity index (χ3v) is 3.72. The summed E-state index contributed by atoms with van der Waals surface area (Å²) in [4.78, 5) is 25.6. The van der Waals surface area contributed by atoms with Crippen molar-refractivity contribution in [3.05, 3.63) is 47.3 Å². The summed E-state index contributed by atoms with van der Waals surface area (Å²) in [5.74, 6) is -0.0665. The highest BCUT2D eigenvalue weighted by Crippen LogP contribution is 2.17. The fraction of sp³-hybridized carbons (Fsp3) is 0.389. The Kier molecular flexibility index (Phi) is 6.16. The zero-order valence-electron chi connectivity index (χ0n) is 15.2. The lowest BCUT2D eigenvalue weighted by Crippen LogP contribution is -2.28. The number of amides is 3. The van der Waals surface area contributed by atoms with E-state index in [1.54, 1.807) is 38.5 Å². The standard InChI is InChI=1S/C18H25N5O2/c1-5-8-23-12-14(11-20-23)10-19-18(25)21-16-7-6-15(9-13(16)2)17(24)22(3)4/h6-7,9,11-12H,5,8,10H2,1-4H3,(H2,19,21,25). The van der Waals surface area contributed by atoms with E-state index in [4.69, 9.17) is 0 Å². The van der Waals surface area contributed by atoms with Crippen LogP contribution >= 0.6 is 0 Å². The Hall–Kier alpha value is -2.83. The molecule has 0 atom stereocenters. The van der Waals surface area contributed by atoms with E-state index in [1.165, 1.54) is 4.90 Å². The first-order chi connectivity index (χ1) is 11.9. The van der Waals surface area contributed by atoms with E-state index in [1.807, 2.05) is 17.8 Å². The average molecular weight is 343 g/mol. The van der Waals surface area contributed by atoms with Crippen LogP contribution in [-0.4, -0.2) is 40.7 Å². The Morgan fingerprint density at radius 3 is 2.68 bits per heavy atom. The van der Waals surface area contributed by atoms with Crippen LogP contribution in [0.2, 0.25) is 0 Å². The number of nitrogens with one attached hydrogen (secondary N) is 2. The molecule has 134 valence electrons. The lowest BCUT2D eigenvalue weighted by molar-refractivity contribution is 0.0827. The van der Waals surface area contributed by atoms with Crippen LogP contribution in [-0.2, 0) is 13.1 Å². The molecule has 7 heteroatoms. The first-order valence-electron chi connectivity index (χ1n) is 8.29. The van der Waals surface area contributed by atoms with Crippen LogP contribution in [0.15, 0.2) is 30.6 Å². The van der Waals surface area contributed by atoms with Crippen molar-refractivity contribution in [2.24, 2.45) is 0 Å². The summed E-state index contributed by atoms with van der Waals surface area (Å²) in [6.45, 7) is 5.22. The van der Waals surface area contributed by atoms with Crippen molar-refractivity contribution >= 4 is 17.6 Å². The second-order valence-electron chi connectivity index (χ2n) is 6.15. The summed E-state index contributed by atoms with van der Waals surface area (Å²) < 4.78 is 1.86. The monoisotopic (exact) mass is 343 g/mol. The van der Waals surface area contributed by atoms with Gasteiger partial charge in [-0.3, -0.25) is 9.48 Å². The van der Waals surface area contributed by atoms with Crippen molar-refractivity contribution in [1.82, 2.24) is 20.0 Å². The van der Waals surface area contributed by atoms with Gasteiger partial charge >= 0.3 is 6.03 Å². The van der Waals surface area contributed by atoms with E-state index < -0.39 is 0 Å². The number of urea groups is 1. The molecule has 1 heterocycles. The maximum atomic E-state index is 12.1. The lowest BCUT2D eigenvalue weighted by Gasteiger charge is -2.13. The van der Waals surface area contributed by atoms with Gasteiger partial charge in [0.2, 0.25) is 0 Å². The van der Waals surface area contributed by atoms with Crippen LogP contribution < -0.4 is 10.6 Å². The molecule has 25 heavy (non-hydrogen) atoms. The van der Waals surface area contributed by atoms with Crippen LogP contribution in [0.1, 0.15) is 34.8 Å². The van der Waals surface area contributed by atoms with E-state index in [2.05, 4.69) is 22.7 Å². The molecule has 1 aromatic heterocycles. The number of carbonyl (C=O) groups excluding carboxylic acids is 2. The molecular weight excluding hydrogens is 318 g/mol. The molecule has 1 aromatic carbocycles. The van der Waals surface area contributed by atoms with Gasteiger partial charge in [0.05, 0.1) is 6.20 Å². The van der Waals surface area contributed by atoms with E-state index >= 15 is 0 Å². The fourth-order valence-corrected chi connectivity index (χ4v) is 2.39. The number of benzene rings is 1. The highest BCUT2D eigenvalue weighted by Gasteiger charge is 2.11. The van der Waals surface area contributed by atoms with Gasteiger partial charge in [0.15, 0.2) is 0 Å². The average Bonchev–Trinajstić information content (AvgIpc) is 3.02. The molecule has 0 bridgehead atoms. The van der Waals surface area contributed by atoms with Crippen molar-refractivity contribution in [2.45, 2.75) is 33.4 Å². The van der Waals surface area contributed by atoms with Gasteiger partial charge in [-0.15, -0.1) is 0 Å². The van der Waals surface area contributed by atoms with Crippen molar-refractivity contribution < 1.29 is 9.59 Å². The molecule has 0 spiro atoms. The normalized spacial score (nSPS) is 10.4. The molecule has 0 saturated heterocycles. The third-order valence-electron chi connectivity index (χ3n) is 3.72. The van der Waals surface area contributed by atoms with Crippen molar-refractivity contribution in [1.29, 1.82) is 0 Å². The smallest absolute Gasteiger partial charge is 0.319 e. The minimum atomic E-state index is -0.293. The molecule has 0 aliphatic carbocycles. The van der Waals surface area contributed by atoms with E-state index in [0.717, 1.165) is 24.1 Å². The Morgan fingerprint density at radius 1 is 1.28 bits per heavy atom. The maximum absolute atomic E-state index is 12.1. The minimum Gasteiger partial charge on any atom is -0.345 e. The zero-order chi connectivity index (χ0) is 18.4. The highest BCUT2D eigenvalue weighted by molar-refractivity contribution is 5.96. The van der Waals surface area contributed by atoms with E-state index in [9.17, 15) is 9.59 Å². The number of carbonyl (C=O) groups is 2. The first kappa shape index (κ1) is 18.5. The molecule has 2 aromatic rings. The predicted molar refractivity (Wildman–Crippen MR) is 97.6 cm³/mol. The topological polar surface area (TPSA) is 79.3 Å². The molecule has 2 rings (SSSR count). The summed E-state index contributed by atoms with van der Waals surface area (Å²) in [6, 6.07) is 4.93. The Morgan fingerprint density at radius 2 is 2.04 bits per heavy atom. The summed E-state index contributed by atoms with van der Waals surface area (Å²) >= 11 is 0. The summed E-state index contributed by atoms with van der Waals surface area (Å²) in [7, 11) is 3.42. The third kappa shape index (κ3) is 5.07. The van der Waals surface area contributed by atoms with Gasteiger partial charge in [0.25, 0.3) is 5.91 Å². The predicted octanol–water partition coefficient (Wildman–Crippen LogP) is 2.63. The van der Waals surface area contributed by atoms with Crippen LogP contribution in [0.4, 0.5) is 10.5 Å². The fourth-order valence-electron chi connectivity index (χ4n) is 2.39. The molecule has 0 unspecified atom stereocenters. The number of rotatable bonds is 6. The summed E-state index contributed by atoms with van der Waals surface area (Å²) in [5, 5.41) is 9.84. The first-order valence-corrected chi connectivity index (χ1v) is 8.29. The quantitative estimate of drug-likeness (QED) is 0.846. The van der Waals surface area contributed by atoms with Crippen LogP contribution in [0.3, 0.4) is 0 Å². The number of anilines is 1. The number of nitrogens with zero attached hydrogens (tertiary/aromatic N) is 3. The van der Waals surface area contributed by atoms with Crippen molar-refractivity contribution in [2.75, 3.05) is 19.4 Å². The molecule has 0 fully saturated rings. The Bertz CT molecular complexity index is 752. The van der Waals surface area contributed by atoms with Crippen LogP contribution in [0.25, 0.3) is 0 Å². The van der Waals surface area contributed by atoms with E-state index in [-0.39, 0.29) is 11.9 Å². The van der Waals surface area contributed by atoms with Crippen molar-refractivity contribution in [3.8, 4) is 0 Å². The Balaban J connectivity index is 1.92. The van der Waals surface area contributed by atoms with Gasteiger partial charge in [-0.1, -0.05) is 6.92 Å². The van der Waals surface area contributed by atoms with Gasteiger partial charge in [-0.25, -0.2) is 4.79 Å². The van der Waals surface area contributed by atoms with Gasteiger partial charge in [-0.2, -0.15) is 5.10 Å². The SMILES string of the molecule is CCCn1cc(CNC(=O)Nc2ccc(C(=O)N(C)C)cc2C)cn1. The second-order valence-corrected chi connectivity index (χ2v) is 6.15. The summed E-state index contributed by atoms with van der Waals surface area (Å²) in [6.07, 6.45) is 4.69. The van der Waals surface area contributed by atoms with Crippen molar-refractivity contribution in [3.63, 3.8) is 0 Å². The minimum absolute atomic E-state index is 0.0665. The maximum Gasteiger partial charge on any atom is 0.319 e. The van der Waals surface area contributed by atoms with E-state index in [0.29, 0.717) is 17.8 Å². The Labute approximate surface area is 148 Å². The van der Waals surface area contributed by atoms with Gasteiger partial charge < -0.3 is 15.5 Å². The second kappa shape index (κ2) is 8.32. The molecule has 0 saturated carbocycles. The number of aryl methyl sites for hydroxylation is 2. The van der Waals surface area contributed by atoms with Crippen LogP contribution in [0.5, 0.6) is 0 Å². The number of hydrogen-bond acceptors (Lipinski definition) is 3. The highest BCUT2D eigenvalue weighted by atomic mass is 16.2. The lowest BCUT2D eigenvalue weighted by atomic mass is 10.1. The van der Waals surface area contributed by atoms with Crippen LogP contribution in [0, 0.1) is 6.92 Å². The molecule has 3 amide bonds. The largest absolute Gasteiger partial charge is 0.345 e. The number of hydrogen-bond donors (Lipinski definition) is 2. The van der Waals surface area contributed by atoms with Gasteiger partial charge in [-0.05, 0) is 37.1 Å². The molecule has 0 radical (unpaired) electrons. The molecule has 0 aliphatic rings. The number of aromatic nitrogens is 2. The molecular formula is C18H25N5O2. The molecule has 0 aliphatic heterocycles. The van der Waals surface area contributed by atoms with Gasteiger partial charge in [0.1, 0.15) is 0 Å². The zero-order valence-corrected chi connectivity index (χ0v) is 15.2. The van der Waals surface area contributed by atoms with Gasteiger partial charge in [0, 0.05) is 50.2 Å².